The minimum absolute atomic E-state index is 0.0632. The summed E-state index contributed by atoms with van der Waals surface area (Å²) in [4.78, 5) is 25.7. The predicted molar refractivity (Wildman–Crippen MR) is 83.6 cm³/mol. The van der Waals surface area contributed by atoms with Gasteiger partial charge in [-0.15, -0.1) is 0 Å². The van der Waals surface area contributed by atoms with Gasteiger partial charge in [0.25, 0.3) is 0 Å². The fourth-order valence-corrected chi connectivity index (χ4v) is 2.38. The van der Waals surface area contributed by atoms with Crippen LogP contribution in [0.5, 0.6) is 0 Å². The molecule has 3 aromatic rings. The second-order valence-electron chi connectivity index (χ2n) is 5.29. The van der Waals surface area contributed by atoms with E-state index in [9.17, 15) is 9.59 Å². The summed E-state index contributed by atoms with van der Waals surface area (Å²) in [5, 5.41) is 2.89. The molecule has 3 rings (SSSR count). The van der Waals surface area contributed by atoms with Crippen molar-refractivity contribution in [3.05, 3.63) is 69.7 Å². The van der Waals surface area contributed by atoms with Crippen molar-refractivity contribution < 1.29 is 9.21 Å². The molecule has 0 aliphatic carbocycles. The summed E-state index contributed by atoms with van der Waals surface area (Å²) in [6, 6.07) is 13.2. The Morgan fingerprint density at radius 2 is 2.05 bits per heavy atom. The van der Waals surface area contributed by atoms with Gasteiger partial charge in [-0.25, -0.2) is 4.79 Å². The number of aryl methyl sites for hydroxylation is 1. The van der Waals surface area contributed by atoms with Gasteiger partial charge in [-0.3, -0.25) is 9.78 Å². The number of carbonyl (C=O) groups excluding carboxylic acids is 1. The first-order valence-electron chi connectivity index (χ1n) is 7.04. The average molecular weight is 296 g/mol. The molecule has 1 heterocycles. The first-order valence-corrected chi connectivity index (χ1v) is 7.04. The Kier molecular flexibility index (Phi) is 3.78. The van der Waals surface area contributed by atoms with Crippen LogP contribution in [0, 0.1) is 6.92 Å². The maximum Gasteiger partial charge on any atom is 0.417 e. The molecule has 5 nitrogen and oxygen atoms in total. The second-order valence-corrected chi connectivity index (χ2v) is 5.29. The van der Waals surface area contributed by atoms with E-state index in [2.05, 4.69) is 10.3 Å². The summed E-state index contributed by atoms with van der Waals surface area (Å²) in [6.45, 7) is 2.53. The number of aromatic amines is 1. The van der Waals surface area contributed by atoms with Gasteiger partial charge in [-0.2, -0.15) is 0 Å². The average Bonchev–Trinajstić information content (AvgIpc) is 2.84. The number of carbonyl (C=O) groups is 1. The van der Waals surface area contributed by atoms with Crippen LogP contribution in [-0.2, 0) is 17.8 Å². The SMILES string of the molecule is Cc1cccc(CNC(=O)Cc2ccc3oc(=O)[nH]c3c2)c1. The van der Waals surface area contributed by atoms with Crippen molar-refractivity contribution in [2.75, 3.05) is 0 Å². The zero-order valence-electron chi connectivity index (χ0n) is 12.2. The highest BCUT2D eigenvalue weighted by Gasteiger charge is 2.06. The highest BCUT2D eigenvalue weighted by Crippen LogP contribution is 2.12. The van der Waals surface area contributed by atoms with Gasteiger partial charge >= 0.3 is 5.76 Å². The Morgan fingerprint density at radius 1 is 1.18 bits per heavy atom. The van der Waals surface area contributed by atoms with Crippen LogP contribution in [0.2, 0.25) is 0 Å². The molecule has 0 saturated heterocycles. The lowest BCUT2D eigenvalue weighted by Crippen LogP contribution is -2.24. The lowest BCUT2D eigenvalue weighted by molar-refractivity contribution is -0.120. The van der Waals surface area contributed by atoms with E-state index >= 15 is 0 Å². The van der Waals surface area contributed by atoms with E-state index in [4.69, 9.17) is 4.42 Å². The minimum atomic E-state index is -0.490. The highest BCUT2D eigenvalue weighted by molar-refractivity contribution is 5.80. The maximum atomic E-state index is 12.0. The van der Waals surface area contributed by atoms with Crippen molar-refractivity contribution in [2.45, 2.75) is 19.9 Å². The van der Waals surface area contributed by atoms with Crippen LogP contribution >= 0.6 is 0 Å². The summed E-state index contributed by atoms with van der Waals surface area (Å²) < 4.78 is 4.93. The van der Waals surface area contributed by atoms with Crippen LogP contribution < -0.4 is 11.1 Å². The molecule has 0 fully saturated rings. The number of oxazole rings is 1. The molecule has 5 heteroatoms. The summed E-state index contributed by atoms with van der Waals surface area (Å²) in [5.74, 6) is -0.553. The quantitative estimate of drug-likeness (QED) is 0.775. The second kappa shape index (κ2) is 5.89. The molecule has 22 heavy (non-hydrogen) atoms. The number of fused-ring (bicyclic) bond motifs is 1. The van der Waals surface area contributed by atoms with Gasteiger partial charge in [-0.1, -0.05) is 35.9 Å². The van der Waals surface area contributed by atoms with Crippen LogP contribution in [0.3, 0.4) is 0 Å². The number of aromatic nitrogens is 1. The molecule has 1 aromatic heterocycles. The number of hydrogen-bond acceptors (Lipinski definition) is 3. The van der Waals surface area contributed by atoms with Gasteiger partial charge in [0.05, 0.1) is 11.9 Å². The lowest BCUT2D eigenvalue weighted by atomic mass is 10.1. The van der Waals surface area contributed by atoms with Crippen molar-refractivity contribution in [2.24, 2.45) is 0 Å². The van der Waals surface area contributed by atoms with E-state index < -0.39 is 5.76 Å². The lowest BCUT2D eigenvalue weighted by Gasteiger charge is -2.06. The van der Waals surface area contributed by atoms with E-state index in [1.54, 1.807) is 18.2 Å². The van der Waals surface area contributed by atoms with E-state index in [0.717, 1.165) is 11.1 Å². The summed E-state index contributed by atoms with van der Waals surface area (Å²) in [6.07, 6.45) is 0.259. The smallest absolute Gasteiger partial charge is 0.408 e. The molecule has 0 saturated carbocycles. The van der Waals surface area contributed by atoms with Gasteiger partial charge in [0.15, 0.2) is 5.58 Å². The largest absolute Gasteiger partial charge is 0.417 e. The van der Waals surface area contributed by atoms with Gasteiger partial charge in [0, 0.05) is 6.54 Å². The Morgan fingerprint density at radius 3 is 2.86 bits per heavy atom. The van der Waals surface area contributed by atoms with Crippen molar-refractivity contribution in [3.63, 3.8) is 0 Å². The van der Waals surface area contributed by atoms with Crippen LogP contribution in [-0.4, -0.2) is 10.9 Å². The number of H-pyrrole nitrogens is 1. The molecule has 2 aromatic carbocycles. The number of rotatable bonds is 4. The van der Waals surface area contributed by atoms with Gasteiger partial charge in [-0.05, 0) is 30.2 Å². The van der Waals surface area contributed by atoms with Crippen LogP contribution in [0.15, 0.2) is 51.7 Å². The van der Waals surface area contributed by atoms with E-state index in [-0.39, 0.29) is 12.3 Å². The normalized spacial score (nSPS) is 10.8. The number of hydrogen-bond donors (Lipinski definition) is 2. The molecule has 0 unspecified atom stereocenters. The van der Waals surface area contributed by atoms with Crippen molar-refractivity contribution in [1.29, 1.82) is 0 Å². The summed E-state index contributed by atoms with van der Waals surface area (Å²) in [5.41, 5.74) is 4.17. The summed E-state index contributed by atoms with van der Waals surface area (Å²) in [7, 11) is 0. The van der Waals surface area contributed by atoms with Gasteiger partial charge in [0.1, 0.15) is 0 Å². The monoisotopic (exact) mass is 296 g/mol. The van der Waals surface area contributed by atoms with Crippen LogP contribution in [0.25, 0.3) is 11.1 Å². The zero-order chi connectivity index (χ0) is 15.5. The molecule has 0 atom stereocenters. The molecule has 1 amide bonds. The van der Waals surface area contributed by atoms with Crippen LogP contribution in [0.1, 0.15) is 16.7 Å². The Balaban J connectivity index is 1.64. The van der Waals surface area contributed by atoms with E-state index in [1.807, 2.05) is 31.2 Å². The molecular weight excluding hydrogens is 280 g/mol. The van der Waals surface area contributed by atoms with Gasteiger partial charge < -0.3 is 9.73 Å². The topological polar surface area (TPSA) is 75.1 Å². The molecule has 0 radical (unpaired) electrons. The molecule has 0 aliphatic heterocycles. The Hall–Kier alpha value is -2.82. The zero-order valence-corrected chi connectivity index (χ0v) is 12.2. The van der Waals surface area contributed by atoms with Crippen molar-refractivity contribution in [1.82, 2.24) is 10.3 Å². The molecule has 0 aliphatic rings. The molecule has 112 valence electrons. The molecule has 0 bridgehead atoms. The number of nitrogens with one attached hydrogen (secondary N) is 2. The van der Waals surface area contributed by atoms with Gasteiger partial charge in [0.2, 0.25) is 5.91 Å². The van der Waals surface area contributed by atoms with Crippen molar-refractivity contribution in [3.8, 4) is 0 Å². The third-order valence-corrected chi connectivity index (χ3v) is 3.42. The first-order chi connectivity index (χ1) is 10.6. The van der Waals surface area contributed by atoms with Crippen molar-refractivity contribution >= 4 is 17.0 Å². The Bertz CT molecular complexity index is 877. The van der Waals surface area contributed by atoms with E-state index in [1.165, 1.54) is 5.56 Å². The standard InChI is InChI=1S/C17H16N2O3/c1-11-3-2-4-13(7-11)10-18-16(20)9-12-5-6-15-14(8-12)19-17(21)22-15/h2-8H,9-10H2,1H3,(H,18,20)(H,19,21). The molecule has 2 N–H and O–H groups in total. The minimum Gasteiger partial charge on any atom is -0.408 e. The molecular formula is C17H16N2O3. The maximum absolute atomic E-state index is 12.0. The fraction of sp³-hybridized carbons (Fsp3) is 0.176. The third kappa shape index (κ3) is 3.25. The molecule has 0 spiro atoms. The van der Waals surface area contributed by atoms with E-state index in [0.29, 0.717) is 17.6 Å². The fourth-order valence-electron chi connectivity index (χ4n) is 2.38. The summed E-state index contributed by atoms with van der Waals surface area (Å²) >= 11 is 0. The van der Waals surface area contributed by atoms with Crippen LogP contribution in [0.4, 0.5) is 0 Å². The highest BCUT2D eigenvalue weighted by atomic mass is 16.4. The number of benzene rings is 2. The first kappa shape index (κ1) is 14.1. The predicted octanol–water partition coefficient (Wildman–Crippen LogP) is 2.29. The number of amides is 1. The third-order valence-electron chi connectivity index (χ3n) is 3.42. The Labute approximate surface area is 127 Å².